The molecule has 0 aliphatic carbocycles. The summed E-state index contributed by atoms with van der Waals surface area (Å²) in [5.74, 6) is 0.642. The quantitative estimate of drug-likeness (QED) is 0.944. The third-order valence-electron chi connectivity index (χ3n) is 3.75. The number of thiophene rings is 1. The van der Waals surface area contributed by atoms with Gasteiger partial charge in [0.25, 0.3) is 0 Å². The van der Waals surface area contributed by atoms with Crippen LogP contribution in [0.1, 0.15) is 50.1 Å². The van der Waals surface area contributed by atoms with E-state index in [2.05, 4.69) is 59.6 Å². The lowest BCUT2D eigenvalue weighted by Crippen LogP contribution is -2.35. The number of fused-ring (bicyclic) bond motifs is 1. The minimum Gasteiger partial charge on any atom is -0.407 e. The first kappa shape index (κ1) is 14.5. The standard InChI is InChI=1S/C15H22N4OS/c1-10-11-6-8-21-12(11)5-7-19(10)14-18-17-13(20-14)9-16-15(2,3)4/h6,8,10,16H,5,7,9H2,1-4H3. The predicted molar refractivity (Wildman–Crippen MR) is 84.7 cm³/mol. The van der Waals surface area contributed by atoms with E-state index in [9.17, 15) is 0 Å². The monoisotopic (exact) mass is 306 g/mol. The average molecular weight is 306 g/mol. The molecule has 6 heteroatoms. The van der Waals surface area contributed by atoms with Crippen molar-refractivity contribution < 1.29 is 4.42 Å². The molecule has 0 aromatic carbocycles. The topological polar surface area (TPSA) is 54.2 Å². The van der Waals surface area contributed by atoms with Crippen molar-refractivity contribution in [3.63, 3.8) is 0 Å². The van der Waals surface area contributed by atoms with E-state index in [0.29, 0.717) is 24.5 Å². The van der Waals surface area contributed by atoms with Gasteiger partial charge in [-0.25, -0.2) is 0 Å². The van der Waals surface area contributed by atoms with E-state index >= 15 is 0 Å². The average Bonchev–Trinajstić information content (AvgIpc) is 3.04. The maximum atomic E-state index is 5.83. The van der Waals surface area contributed by atoms with E-state index < -0.39 is 0 Å². The van der Waals surface area contributed by atoms with Gasteiger partial charge in [-0.05, 0) is 51.1 Å². The molecule has 3 heterocycles. The summed E-state index contributed by atoms with van der Waals surface area (Å²) in [7, 11) is 0. The van der Waals surface area contributed by atoms with Crippen LogP contribution in [0.4, 0.5) is 6.01 Å². The Kier molecular flexibility index (Phi) is 3.75. The normalized spacial score (nSPS) is 18.9. The third-order valence-corrected chi connectivity index (χ3v) is 4.75. The second kappa shape index (κ2) is 5.42. The van der Waals surface area contributed by atoms with Crippen LogP contribution in [0.25, 0.3) is 0 Å². The van der Waals surface area contributed by atoms with Gasteiger partial charge in [0.2, 0.25) is 5.89 Å². The van der Waals surface area contributed by atoms with Gasteiger partial charge in [-0.3, -0.25) is 0 Å². The Morgan fingerprint density at radius 2 is 2.24 bits per heavy atom. The molecule has 0 bridgehead atoms. The summed E-state index contributed by atoms with van der Waals surface area (Å²) in [6.07, 6.45) is 1.05. The summed E-state index contributed by atoms with van der Waals surface area (Å²) in [6.45, 7) is 10.1. The molecule has 1 atom stereocenters. The Balaban J connectivity index is 1.72. The van der Waals surface area contributed by atoms with Crippen molar-refractivity contribution in [3.05, 3.63) is 27.8 Å². The Morgan fingerprint density at radius 1 is 1.43 bits per heavy atom. The molecule has 2 aromatic heterocycles. The van der Waals surface area contributed by atoms with Gasteiger partial charge >= 0.3 is 6.01 Å². The maximum Gasteiger partial charge on any atom is 0.318 e. The zero-order valence-electron chi connectivity index (χ0n) is 13.0. The Morgan fingerprint density at radius 3 is 3.00 bits per heavy atom. The highest BCUT2D eigenvalue weighted by Gasteiger charge is 2.28. The van der Waals surface area contributed by atoms with E-state index in [1.54, 1.807) is 0 Å². The first-order valence-corrected chi connectivity index (χ1v) is 8.22. The van der Waals surface area contributed by atoms with Gasteiger partial charge in [-0.1, -0.05) is 5.10 Å². The van der Waals surface area contributed by atoms with Crippen LogP contribution in [0, 0.1) is 0 Å². The maximum absolute atomic E-state index is 5.83. The number of nitrogens with zero attached hydrogens (tertiary/aromatic N) is 3. The largest absolute Gasteiger partial charge is 0.407 e. The molecule has 0 saturated carbocycles. The van der Waals surface area contributed by atoms with Crippen LogP contribution >= 0.6 is 11.3 Å². The summed E-state index contributed by atoms with van der Waals surface area (Å²) in [4.78, 5) is 3.68. The molecule has 2 aromatic rings. The van der Waals surface area contributed by atoms with Crippen molar-refractivity contribution in [2.75, 3.05) is 11.4 Å². The van der Waals surface area contributed by atoms with E-state index in [4.69, 9.17) is 4.42 Å². The van der Waals surface area contributed by atoms with Crippen molar-refractivity contribution in [1.82, 2.24) is 15.5 Å². The first-order chi connectivity index (χ1) is 9.94. The number of aromatic nitrogens is 2. The Bertz CT molecular complexity index is 613. The second-order valence-corrected chi connectivity index (χ2v) is 7.50. The van der Waals surface area contributed by atoms with E-state index in [-0.39, 0.29) is 5.54 Å². The summed E-state index contributed by atoms with van der Waals surface area (Å²) in [6, 6.07) is 3.13. The molecule has 0 radical (unpaired) electrons. The first-order valence-electron chi connectivity index (χ1n) is 7.34. The van der Waals surface area contributed by atoms with Crippen LogP contribution < -0.4 is 10.2 Å². The Hall–Kier alpha value is -1.40. The number of hydrogen-bond donors (Lipinski definition) is 1. The van der Waals surface area contributed by atoms with Crippen molar-refractivity contribution in [1.29, 1.82) is 0 Å². The van der Waals surface area contributed by atoms with Crippen LogP contribution in [-0.4, -0.2) is 22.3 Å². The molecular formula is C15H22N4OS. The number of anilines is 1. The molecule has 114 valence electrons. The van der Waals surface area contributed by atoms with Gasteiger partial charge in [-0.2, -0.15) is 0 Å². The SMILES string of the molecule is CC1c2ccsc2CCN1c1nnc(CNC(C)(C)C)o1. The predicted octanol–water partition coefficient (Wildman–Crippen LogP) is 3.14. The number of hydrogen-bond acceptors (Lipinski definition) is 6. The Labute approximate surface area is 129 Å². The molecule has 1 unspecified atom stereocenters. The highest BCUT2D eigenvalue weighted by molar-refractivity contribution is 7.10. The van der Waals surface area contributed by atoms with E-state index in [1.807, 2.05) is 11.3 Å². The molecule has 21 heavy (non-hydrogen) atoms. The lowest BCUT2D eigenvalue weighted by atomic mass is 10.0. The van der Waals surface area contributed by atoms with Crippen molar-refractivity contribution in [2.24, 2.45) is 0 Å². The van der Waals surface area contributed by atoms with Gasteiger partial charge < -0.3 is 14.6 Å². The summed E-state index contributed by atoms with van der Waals surface area (Å²) in [5, 5.41) is 13.9. The molecule has 0 fully saturated rings. The summed E-state index contributed by atoms with van der Waals surface area (Å²) >= 11 is 1.84. The van der Waals surface area contributed by atoms with Gasteiger partial charge in [0, 0.05) is 17.0 Å². The van der Waals surface area contributed by atoms with Gasteiger partial charge in [0.15, 0.2) is 0 Å². The lowest BCUT2D eigenvalue weighted by molar-refractivity contribution is 0.378. The second-order valence-electron chi connectivity index (χ2n) is 6.50. The van der Waals surface area contributed by atoms with Crippen LogP contribution in [0.5, 0.6) is 0 Å². The summed E-state index contributed by atoms with van der Waals surface area (Å²) < 4.78 is 5.83. The molecule has 1 N–H and O–H groups in total. The molecule has 0 amide bonds. The van der Waals surface area contributed by atoms with Crippen LogP contribution in [0.3, 0.4) is 0 Å². The minimum atomic E-state index is 0.0403. The molecule has 5 nitrogen and oxygen atoms in total. The van der Waals surface area contributed by atoms with Crippen molar-refractivity contribution in [2.45, 2.75) is 52.2 Å². The fourth-order valence-electron chi connectivity index (χ4n) is 2.54. The van der Waals surface area contributed by atoms with E-state index in [0.717, 1.165) is 13.0 Å². The van der Waals surface area contributed by atoms with Gasteiger partial charge in [0.05, 0.1) is 12.6 Å². The molecule has 0 saturated heterocycles. The zero-order valence-corrected chi connectivity index (χ0v) is 13.8. The van der Waals surface area contributed by atoms with E-state index in [1.165, 1.54) is 10.4 Å². The summed E-state index contributed by atoms with van der Waals surface area (Å²) in [5.41, 5.74) is 1.43. The molecule has 1 aliphatic rings. The van der Waals surface area contributed by atoms with Crippen LogP contribution in [0.15, 0.2) is 15.9 Å². The molecular weight excluding hydrogens is 284 g/mol. The number of nitrogens with one attached hydrogen (secondary N) is 1. The van der Waals surface area contributed by atoms with Crippen molar-refractivity contribution in [3.8, 4) is 0 Å². The zero-order chi connectivity index (χ0) is 15.0. The lowest BCUT2D eigenvalue weighted by Gasteiger charge is -2.31. The number of rotatable bonds is 3. The fraction of sp³-hybridized carbons (Fsp3) is 0.600. The van der Waals surface area contributed by atoms with Gasteiger partial charge in [-0.15, -0.1) is 16.4 Å². The van der Waals surface area contributed by atoms with Crippen LogP contribution in [0.2, 0.25) is 0 Å². The smallest absolute Gasteiger partial charge is 0.318 e. The molecule has 1 aliphatic heterocycles. The highest BCUT2D eigenvalue weighted by Crippen LogP contribution is 2.35. The van der Waals surface area contributed by atoms with Crippen LogP contribution in [-0.2, 0) is 13.0 Å². The third kappa shape index (κ3) is 3.11. The molecule has 3 rings (SSSR count). The van der Waals surface area contributed by atoms with Crippen molar-refractivity contribution >= 4 is 17.4 Å². The highest BCUT2D eigenvalue weighted by atomic mass is 32.1. The minimum absolute atomic E-state index is 0.0403. The molecule has 0 spiro atoms. The van der Waals surface area contributed by atoms with Gasteiger partial charge in [0.1, 0.15) is 0 Å². The fourth-order valence-corrected chi connectivity index (χ4v) is 3.51.